The Morgan fingerprint density at radius 2 is 2.14 bits per heavy atom. The standard InChI is InChI=1S/C15H18N2O4/c1-15(2,3)21-14(18)16-10-5-4-7-12-8-6-9-13(11-12)17(19)20/h6,8-9,11H,5,10H2,1-3H3,(H,16,18). The van der Waals surface area contributed by atoms with E-state index in [1.807, 2.05) is 0 Å². The van der Waals surface area contributed by atoms with Gasteiger partial charge in [-0.15, -0.1) is 0 Å². The van der Waals surface area contributed by atoms with Gasteiger partial charge in [0.1, 0.15) is 5.60 Å². The van der Waals surface area contributed by atoms with Crippen LogP contribution in [0.4, 0.5) is 10.5 Å². The zero-order valence-electron chi connectivity index (χ0n) is 12.3. The van der Waals surface area contributed by atoms with Crippen molar-refractivity contribution < 1.29 is 14.5 Å². The Balaban J connectivity index is 2.42. The molecule has 1 aromatic rings. The number of nitrogens with zero attached hydrogens (tertiary/aromatic N) is 1. The highest BCUT2D eigenvalue weighted by Gasteiger charge is 2.15. The van der Waals surface area contributed by atoms with Crippen LogP contribution in [0.2, 0.25) is 0 Å². The number of carbonyl (C=O) groups excluding carboxylic acids is 1. The number of non-ortho nitro benzene ring substituents is 1. The summed E-state index contributed by atoms with van der Waals surface area (Å²) >= 11 is 0. The topological polar surface area (TPSA) is 81.5 Å². The Kier molecular flexibility index (Phi) is 5.73. The summed E-state index contributed by atoms with van der Waals surface area (Å²) in [4.78, 5) is 21.5. The SMILES string of the molecule is CC(C)(C)OC(=O)NCCC#Cc1cccc([N+](=O)[O-])c1. The minimum absolute atomic E-state index is 0.00804. The number of carbonyl (C=O) groups is 1. The molecule has 1 N–H and O–H groups in total. The molecule has 0 saturated heterocycles. The average Bonchev–Trinajstić information content (AvgIpc) is 2.36. The molecule has 6 nitrogen and oxygen atoms in total. The Labute approximate surface area is 123 Å². The maximum absolute atomic E-state index is 11.4. The lowest BCUT2D eigenvalue weighted by Gasteiger charge is -2.19. The zero-order chi connectivity index (χ0) is 15.9. The van der Waals surface area contributed by atoms with E-state index in [0.717, 1.165) is 0 Å². The molecule has 0 heterocycles. The third kappa shape index (κ3) is 6.97. The molecule has 0 saturated carbocycles. The van der Waals surface area contributed by atoms with E-state index in [9.17, 15) is 14.9 Å². The summed E-state index contributed by atoms with van der Waals surface area (Å²) < 4.78 is 5.07. The third-order valence-corrected chi connectivity index (χ3v) is 2.21. The zero-order valence-corrected chi connectivity index (χ0v) is 12.3. The fourth-order valence-corrected chi connectivity index (χ4v) is 1.40. The van der Waals surface area contributed by atoms with Gasteiger partial charge in [-0.05, 0) is 26.8 Å². The summed E-state index contributed by atoms with van der Waals surface area (Å²) in [6, 6.07) is 6.10. The van der Waals surface area contributed by atoms with Crippen LogP contribution in [-0.2, 0) is 4.74 Å². The van der Waals surface area contributed by atoms with Gasteiger partial charge in [0.2, 0.25) is 0 Å². The molecule has 0 fully saturated rings. The molecule has 0 atom stereocenters. The fraction of sp³-hybridized carbons (Fsp3) is 0.400. The molecular formula is C15H18N2O4. The van der Waals surface area contributed by atoms with Crippen LogP contribution in [0.5, 0.6) is 0 Å². The van der Waals surface area contributed by atoms with Gasteiger partial charge in [-0.25, -0.2) is 4.79 Å². The lowest BCUT2D eigenvalue weighted by atomic mass is 10.2. The van der Waals surface area contributed by atoms with Crippen molar-refractivity contribution >= 4 is 11.8 Å². The van der Waals surface area contributed by atoms with Crippen LogP contribution in [0.3, 0.4) is 0 Å². The van der Waals surface area contributed by atoms with E-state index in [-0.39, 0.29) is 5.69 Å². The fourth-order valence-electron chi connectivity index (χ4n) is 1.40. The summed E-state index contributed by atoms with van der Waals surface area (Å²) in [5.41, 5.74) is 0.0498. The Morgan fingerprint density at radius 3 is 2.76 bits per heavy atom. The first-order valence-electron chi connectivity index (χ1n) is 6.48. The van der Waals surface area contributed by atoms with E-state index >= 15 is 0 Å². The van der Waals surface area contributed by atoms with Gasteiger partial charge in [0.15, 0.2) is 0 Å². The van der Waals surface area contributed by atoms with E-state index in [0.29, 0.717) is 18.5 Å². The van der Waals surface area contributed by atoms with Crippen molar-refractivity contribution in [3.05, 3.63) is 39.9 Å². The second-order valence-corrected chi connectivity index (χ2v) is 5.29. The van der Waals surface area contributed by atoms with Crippen molar-refractivity contribution in [3.63, 3.8) is 0 Å². The normalized spacial score (nSPS) is 10.2. The van der Waals surface area contributed by atoms with Gasteiger partial charge in [0.25, 0.3) is 5.69 Å². The lowest BCUT2D eigenvalue weighted by Crippen LogP contribution is -2.32. The number of nitro groups is 1. The maximum Gasteiger partial charge on any atom is 0.407 e. The van der Waals surface area contributed by atoms with Crippen molar-refractivity contribution in [3.8, 4) is 11.8 Å². The van der Waals surface area contributed by atoms with Gasteiger partial charge in [0.05, 0.1) is 4.92 Å². The van der Waals surface area contributed by atoms with Crippen LogP contribution < -0.4 is 5.32 Å². The molecular weight excluding hydrogens is 272 g/mol. The molecule has 0 aliphatic rings. The van der Waals surface area contributed by atoms with Gasteiger partial charge >= 0.3 is 6.09 Å². The molecule has 21 heavy (non-hydrogen) atoms. The molecule has 0 radical (unpaired) electrons. The Morgan fingerprint density at radius 1 is 1.43 bits per heavy atom. The third-order valence-electron chi connectivity index (χ3n) is 2.21. The van der Waals surface area contributed by atoms with Crippen molar-refractivity contribution in [2.75, 3.05) is 6.54 Å². The molecule has 6 heteroatoms. The molecule has 1 aromatic carbocycles. The molecule has 1 rings (SSSR count). The lowest BCUT2D eigenvalue weighted by molar-refractivity contribution is -0.384. The average molecular weight is 290 g/mol. The van der Waals surface area contributed by atoms with Crippen LogP contribution in [0, 0.1) is 22.0 Å². The van der Waals surface area contributed by atoms with E-state index in [4.69, 9.17) is 4.74 Å². The number of alkyl carbamates (subject to hydrolysis) is 1. The number of rotatable bonds is 3. The number of hydrogen-bond acceptors (Lipinski definition) is 4. The first-order chi connectivity index (χ1) is 9.78. The van der Waals surface area contributed by atoms with Crippen LogP contribution in [0.15, 0.2) is 24.3 Å². The Bertz CT molecular complexity index is 579. The van der Waals surface area contributed by atoms with Gasteiger partial charge in [-0.2, -0.15) is 0 Å². The van der Waals surface area contributed by atoms with Crippen LogP contribution >= 0.6 is 0 Å². The monoisotopic (exact) mass is 290 g/mol. The number of ether oxygens (including phenoxy) is 1. The molecule has 0 spiro atoms. The summed E-state index contributed by atoms with van der Waals surface area (Å²) in [6.07, 6.45) is -0.0540. The van der Waals surface area contributed by atoms with Gasteiger partial charge < -0.3 is 10.1 Å². The summed E-state index contributed by atoms with van der Waals surface area (Å²) in [5, 5.41) is 13.2. The van der Waals surface area contributed by atoms with Crippen LogP contribution in [0.1, 0.15) is 32.8 Å². The van der Waals surface area contributed by atoms with Crippen molar-refractivity contribution in [1.82, 2.24) is 5.32 Å². The number of nitrogens with one attached hydrogen (secondary N) is 1. The summed E-state index contributed by atoms with van der Waals surface area (Å²) in [6.45, 7) is 5.72. The molecule has 112 valence electrons. The highest BCUT2D eigenvalue weighted by atomic mass is 16.6. The van der Waals surface area contributed by atoms with E-state index in [2.05, 4.69) is 17.2 Å². The molecule has 1 amide bonds. The second-order valence-electron chi connectivity index (χ2n) is 5.29. The van der Waals surface area contributed by atoms with Gasteiger partial charge in [-0.3, -0.25) is 10.1 Å². The number of hydrogen-bond donors (Lipinski definition) is 1. The quantitative estimate of drug-likeness (QED) is 0.401. The van der Waals surface area contributed by atoms with Crippen LogP contribution in [-0.4, -0.2) is 23.2 Å². The maximum atomic E-state index is 11.4. The van der Waals surface area contributed by atoms with E-state index in [1.165, 1.54) is 12.1 Å². The summed E-state index contributed by atoms with van der Waals surface area (Å²) in [7, 11) is 0. The highest BCUT2D eigenvalue weighted by Crippen LogP contribution is 2.11. The Hall–Kier alpha value is -2.55. The molecule has 0 unspecified atom stereocenters. The highest BCUT2D eigenvalue weighted by molar-refractivity contribution is 5.67. The van der Waals surface area contributed by atoms with Gasteiger partial charge in [0, 0.05) is 30.7 Å². The molecule has 0 aliphatic heterocycles. The van der Waals surface area contributed by atoms with Crippen LogP contribution in [0.25, 0.3) is 0 Å². The predicted molar refractivity (Wildman–Crippen MR) is 78.8 cm³/mol. The van der Waals surface area contributed by atoms with Crippen molar-refractivity contribution in [2.24, 2.45) is 0 Å². The molecule has 0 aliphatic carbocycles. The van der Waals surface area contributed by atoms with Crippen molar-refractivity contribution in [1.29, 1.82) is 0 Å². The number of amides is 1. The molecule has 0 aromatic heterocycles. The number of nitro benzene ring substituents is 1. The van der Waals surface area contributed by atoms with E-state index in [1.54, 1.807) is 32.9 Å². The second kappa shape index (κ2) is 7.29. The van der Waals surface area contributed by atoms with Crippen molar-refractivity contribution in [2.45, 2.75) is 32.8 Å². The predicted octanol–water partition coefficient (Wildman–Crippen LogP) is 2.86. The number of benzene rings is 1. The minimum Gasteiger partial charge on any atom is -0.444 e. The van der Waals surface area contributed by atoms with Gasteiger partial charge in [-0.1, -0.05) is 17.9 Å². The minimum atomic E-state index is -0.529. The summed E-state index contributed by atoms with van der Waals surface area (Å²) in [5.74, 6) is 5.66. The molecule has 0 bridgehead atoms. The smallest absolute Gasteiger partial charge is 0.407 e. The first-order valence-corrected chi connectivity index (χ1v) is 6.48. The largest absolute Gasteiger partial charge is 0.444 e. The first kappa shape index (κ1) is 16.5. The van der Waals surface area contributed by atoms with E-state index < -0.39 is 16.6 Å².